The summed E-state index contributed by atoms with van der Waals surface area (Å²) >= 11 is 0. The van der Waals surface area contributed by atoms with E-state index in [9.17, 15) is 14.0 Å². The van der Waals surface area contributed by atoms with Crippen molar-refractivity contribution in [2.45, 2.75) is 71.1 Å². The van der Waals surface area contributed by atoms with E-state index in [-0.39, 0.29) is 35.6 Å². The molecule has 0 radical (unpaired) electrons. The molecule has 31 heavy (non-hydrogen) atoms. The molecule has 170 valence electrons. The zero-order chi connectivity index (χ0) is 22.2. The highest BCUT2D eigenvalue weighted by Crippen LogP contribution is 2.31. The zero-order valence-corrected chi connectivity index (χ0v) is 17.8. The molecular formula is C20H28FN5O5. The fourth-order valence-corrected chi connectivity index (χ4v) is 3.32. The first-order chi connectivity index (χ1) is 15.0. The third kappa shape index (κ3) is 6.09. The van der Waals surface area contributed by atoms with E-state index in [1.54, 1.807) is 4.57 Å². The molecule has 1 N–H and O–H groups in total. The molecule has 1 fully saturated rings. The van der Waals surface area contributed by atoms with E-state index >= 15 is 0 Å². The van der Waals surface area contributed by atoms with E-state index in [4.69, 9.17) is 14.2 Å². The monoisotopic (exact) mass is 437 g/mol. The highest BCUT2D eigenvalue weighted by molar-refractivity contribution is 5.96. The number of fused-ring (bicyclic) bond motifs is 1. The van der Waals surface area contributed by atoms with Gasteiger partial charge in [-0.15, -0.1) is 0 Å². The molecule has 2 atom stereocenters. The minimum atomic E-state index is -0.963. The second kappa shape index (κ2) is 11.0. The number of unbranched alkanes of at least 4 members (excludes halogenated alkanes) is 2. The average Bonchev–Trinajstić information content (AvgIpc) is 3.37. The molecule has 2 aromatic rings. The molecule has 0 bridgehead atoms. The molecule has 1 aliphatic rings. The van der Waals surface area contributed by atoms with Gasteiger partial charge in [0.25, 0.3) is 0 Å². The van der Waals surface area contributed by atoms with Crippen molar-refractivity contribution >= 4 is 29.0 Å². The van der Waals surface area contributed by atoms with Crippen molar-refractivity contribution in [1.82, 2.24) is 19.5 Å². The smallest absolute Gasteiger partial charge is 0.434 e. The summed E-state index contributed by atoms with van der Waals surface area (Å²) in [5.41, 5.74) is 0.516. The number of nitrogens with zero attached hydrogens (tertiary/aromatic N) is 4. The number of amides is 1. The Balaban J connectivity index is 1.65. The van der Waals surface area contributed by atoms with Crippen LogP contribution in [0.4, 0.5) is 15.0 Å². The minimum Gasteiger partial charge on any atom is -0.434 e. The van der Waals surface area contributed by atoms with Crippen LogP contribution in [-0.2, 0) is 19.0 Å². The summed E-state index contributed by atoms with van der Waals surface area (Å²) in [5.74, 6) is -0.203. The molecule has 10 nitrogen and oxygen atoms in total. The summed E-state index contributed by atoms with van der Waals surface area (Å²) < 4.78 is 31.5. The number of imidazole rings is 1. The number of carbonyl (C=O) groups excluding carboxylic acids is 2. The second-order valence-electron chi connectivity index (χ2n) is 7.37. The number of rotatable bonds is 10. The van der Waals surface area contributed by atoms with Crippen LogP contribution in [0.15, 0.2) is 6.33 Å². The van der Waals surface area contributed by atoms with Gasteiger partial charge in [0.15, 0.2) is 17.0 Å². The number of halogens is 1. The lowest BCUT2D eigenvalue weighted by atomic mass is 10.2. The summed E-state index contributed by atoms with van der Waals surface area (Å²) in [5, 5.41) is 2.63. The van der Waals surface area contributed by atoms with Crippen molar-refractivity contribution in [3.05, 3.63) is 12.4 Å². The van der Waals surface area contributed by atoms with E-state index < -0.39 is 18.5 Å². The molecule has 0 aromatic carbocycles. The highest BCUT2D eigenvalue weighted by atomic mass is 19.1. The number of aromatic nitrogens is 4. The molecule has 0 aliphatic carbocycles. The Morgan fingerprint density at radius 1 is 1.23 bits per heavy atom. The van der Waals surface area contributed by atoms with Gasteiger partial charge in [0.1, 0.15) is 12.8 Å². The first kappa shape index (κ1) is 22.9. The predicted octanol–water partition coefficient (Wildman–Crippen LogP) is 3.73. The van der Waals surface area contributed by atoms with Crippen LogP contribution in [0.3, 0.4) is 0 Å². The minimum absolute atomic E-state index is 0.0410. The summed E-state index contributed by atoms with van der Waals surface area (Å²) in [6, 6.07) is 0. The Labute approximate surface area is 179 Å². The van der Waals surface area contributed by atoms with Gasteiger partial charge in [0.2, 0.25) is 5.91 Å². The number of ether oxygens (including phenoxy) is 3. The van der Waals surface area contributed by atoms with Gasteiger partial charge in [0.05, 0.1) is 19.0 Å². The van der Waals surface area contributed by atoms with Crippen molar-refractivity contribution in [2.24, 2.45) is 0 Å². The molecule has 0 saturated carbocycles. The summed E-state index contributed by atoms with van der Waals surface area (Å²) in [6.07, 6.45) is 3.99. The number of carbonyl (C=O) groups is 2. The molecule has 1 aliphatic heterocycles. The lowest BCUT2D eigenvalue weighted by molar-refractivity contribution is -0.116. The van der Waals surface area contributed by atoms with Crippen LogP contribution in [0.25, 0.3) is 11.2 Å². The zero-order valence-electron chi connectivity index (χ0n) is 17.8. The number of anilines is 1. The Hall–Kier alpha value is -2.82. The fraction of sp³-hybridized carbons (Fsp3) is 0.650. The maximum absolute atomic E-state index is 14.1. The third-order valence-corrected chi connectivity index (χ3v) is 4.87. The van der Waals surface area contributed by atoms with Gasteiger partial charge in [-0.05, 0) is 25.7 Å². The normalized spacial score (nSPS) is 18.3. The van der Waals surface area contributed by atoms with Crippen LogP contribution >= 0.6 is 0 Å². The maximum Gasteiger partial charge on any atom is 0.508 e. The average molecular weight is 437 g/mol. The van der Waals surface area contributed by atoms with Gasteiger partial charge >= 0.3 is 12.2 Å². The summed E-state index contributed by atoms with van der Waals surface area (Å²) in [4.78, 5) is 35.4. The molecule has 0 spiro atoms. The lowest BCUT2D eigenvalue weighted by Crippen LogP contribution is -2.20. The lowest BCUT2D eigenvalue weighted by Gasteiger charge is -2.15. The number of nitrogens with one attached hydrogen (secondary N) is 1. The molecule has 2 unspecified atom stereocenters. The fourth-order valence-electron chi connectivity index (χ4n) is 3.32. The van der Waals surface area contributed by atoms with E-state index in [1.807, 2.05) is 13.8 Å². The summed E-state index contributed by atoms with van der Waals surface area (Å²) in [7, 11) is 0. The summed E-state index contributed by atoms with van der Waals surface area (Å²) in [6.45, 7) is 4.31. The Morgan fingerprint density at radius 3 is 2.84 bits per heavy atom. The largest absolute Gasteiger partial charge is 0.508 e. The standard InChI is InChI=1S/C20H28FN5O5/c1-3-5-6-7-14(27)23-17-16-18(25-19(21)24-17)26(12-22-16)15-9-8-13(31-15)11-30-20(28)29-10-4-2/h12-13,15H,3-11H2,1-2H3,(H,23,24,25,27). The van der Waals surface area contributed by atoms with Gasteiger partial charge < -0.3 is 19.5 Å². The van der Waals surface area contributed by atoms with E-state index in [2.05, 4.69) is 20.3 Å². The molecule has 3 rings (SSSR count). The molecule has 3 heterocycles. The van der Waals surface area contributed by atoms with Crippen LogP contribution in [0.1, 0.15) is 65.0 Å². The third-order valence-electron chi connectivity index (χ3n) is 4.87. The quantitative estimate of drug-likeness (QED) is 0.339. The van der Waals surface area contributed by atoms with E-state index in [0.29, 0.717) is 32.3 Å². The van der Waals surface area contributed by atoms with Crippen molar-refractivity contribution in [3.8, 4) is 0 Å². The first-order valence-corrected chi connectivity index (χ1v) is 10.7. The Bertz CT molecular complexity index is 905. The van der Waals surface area contributed by atoms with Gasteiger partial charge in [-0.25, -0.2) is 9.78 Å². The molecule has 1 saturated heterocycles. The van der Waals surface area contributed by atoms with Crippen molar-refractivity contribution in [2.75, 3.05) is 18.5 Å². The van der Waals surface area contributed by atoms with Crippen LogP contribution < -0.4 is 5.32 Å². The van der Waals surface area contributed by atoms with E-state index in [1.165, 1.54) is 6.33 Å². The van der Waals surface area contributed by atoms with E-state index in [0.717, 1.165) is 19.3 Å². The number of hydrogen-bond acceptors (Lipinski definition) is 8. The highest BCUT2D eigenvalue weighted by Gasteiger charge is 2.30. The van der Waals surface area contributed by atoms with Gasteiger partial charge in [-0.2, -0.15) is 14.4 Å². The molecule has 11 heteroatoms. The van der Waals surface area contributed by atoms with Crippen molar-refractivity contribution in [1.29, 1.82) is 0 Å². The van der Waals surface area contributed by atoms with Gasteiger partial charge in [-0.1, -0.05) is 26.7 Å². The first-order valence-electron chi connectivity index (χ1n) is 10.7. The van der Waals surface area contributed by atoms with Crippen LogP contribution in [0.2, 0.25) is 0 Å². The maximum atomic E-state index is 14.1. The molecular weight excluding hydrogens is 409 g/mol. The second-order valence-corrected chi connectivity index (χ2v) is 7.37. The molecule has 1 amide bonds. The Morgan fingerprint density at radius 2 is 2.06 bits per heavy atom. The van der Waals surface area contributed by atoms with Gasteiger partial charge in [-0.3, -0.25) is 9.36 Å². The van der Waals surface area contributed by atoms with Crippen LogP contribution in [0, 0.1) is 6.08 Å². The van der Waals surface area contributed by atoms with Crippen LogP contribution in [-0.4, -0.2) is 50.9 Å². The number of hydrogen-bond donors (Lipinski definition) is 1. The van der Waals surface area contributed by atoms with Crippen molar-refractivity contribution < 1.29 is 28.2 Å². The Kier molecular flexibility index (Phi) is 8.10. The molecule has 2 aromatic heterocycles. The topological polar surface area (TPSA) is 117 Å². The van der Waals surface area contributed by atoms with Crippen LogP contribution in [0.5, 0.6) is 0 Å². The SMILES string of the molecule is CCCCCC(=O)Nc1nc(F)nc2c1ncn2C1CCC(COC(=O)OCCC)O1. The van der Waals surface area contributed by atoms with Gasteiger partial charge in [0, 0.05) is 6.42 Å². The predicted molar refractivity (Wildman–Crippen MR) is 109 cm³/mol. The van der Waals surface area contributed by atoms with Crippen molar-refractivity contribution in [3.63, 3.8) is 0 Å².